The summed E-state index contributed by atoms with van der Waals surface area (Å²) in [6, 6.07) is 19.0. The molecule has 166 valence electrons. The molecule has 0 radical (unpaired) electrons. The van der Waals surface area contributed by atoms with E-state index >= 15 is 0 Å². The first-order valence-corrected chi connectivity index (χ1v) is 10.7. The number of methoxy groups -OCH3 is 1. The van der Waals surface area contributed by atoms with Crippen LogP contribution >= 0.6 is 0 Å². The molecule has 1 fully saturated rings. The van der Waals surface area contributed by atoms with Gasteiger partial charge in [-0.3, -0.25) is 9.69 Å². The van der Waals surface area contributed by atoms with Crippen molar-refractivity contribution in [2.45, 2.75) is 19.4 Å². The van der Waals surface area contributed by atoms with Crippen LogP contribution in [-0.2, 0) is 11.3 Å². The van der Waals surface area contributed by atoms with Gasteiger partial charge in [-0.15, -0.1) is 0 Å². The lowest BCUT2D eigenvalue weighted by Gasteiger charge is -2.32. The molecule has 1 amide bonds. The van der Waals surface area contributed by atoms with Crippen molar-refractivity contribution in [1.82, 2.24) is 4.90 Å². The predicted octanol–water partition coefficient (Wildman–Crippen LogP) is 5.49. The minimum absolute atomic E-state index is 0.0407. The number of piperidine rings is 1. The number of ether oxygens (including phenoxy) is 1. The van der Waals surface area contributed by atoms with Crippen molar-refractivity contribution >= 4 is 11.6 Å². The molecule has 0 spiro atoms. The van der Waals surface area contributed by atoms with Gasteiger partial charge in [-0.1, -0.05) is 30.3 Å². The molecular formula is C26H26F2N2O2. The molecule has 1 atom stereocenters. The SMILES string of the molecule is COc1ccc(-c2ccccc2NC(=O)C2CCCN(Cc3cc(F)cc(F)c3)C2)cc1. The van der Waals surface area contributed by atoms with E-state index in [-0.39, 0.29) is 11.8 Å². The number of nitrogens with one attached hydrogen (secondary N) is 1. The van der Waals surface area contributed by atoms with Gasteiger partial charge in [-0.05, 0) is 60.8 Å². The van der Waals surface area contributed by atoms with Crippen molar-refractivity contribution in [3.8, 4) is 16.9 Å². The maximum absolute atomic E-state index is 13.5. The summed E-state index contributed by atoms with van der Waals surface area (Å²) in [6.45, 7) is 1.76. The molecule has 6 heteroatoms. The first-order chi connectivity index (χ1) is 15.5. The smallest absolute Gasteiger partial charge is 0.228 e. The Morgan fingerprint density at radius 1 is 1.06 bits per heavy atom. The third-order valence-corrected chi connectivity index (χ3v) is 5.79. The highest BCUT2D eigenvalue weighted by atomic mass is 19.1. The number of halogens is 2. The summed E-state index contributed by atoms with van der Waals surface area (Å²) in [5.74, 6) is -0.620. The van der Waals surface area contributed by atoms with Crippen molar-refractivity contribution in [1.29, 1.82) is 0 Å². The van der Waals surface area contributed by atoms with Crippen LogP contribution in [0.2, 0.25) is 0 Å². The second-order valence-electron chi connectivity index (χ2n) is 8.12. The molecule has 1 saturated heterocycles. The molecule has 1 heterocycles. The van der Waals surface area contributed by atoms with E-state index in [1.807, 2.05) is 48.5 Å². The topological polar surface area (TPSA) is 41.6 Å². The lowest BCUT2D eigenvalue weighted by atomic mass is 9.96. The number of nitrogens with zero attached hydrogens (tertiary/aromatic N) is 1. The molecule has 4 nitrogen and oxygen atoms in total. The van der Waals surface area contributed by atoms with Gasteiger partial charge in [0.1, 0.15) is 17.4 Å². The van der Waals surface area contributed by atoms with Gasteiger partial charge in [0.05, 0.1) is 13.0 Å². The van der Waals surface area contributed by atoms with Crippen molar-refractivity contribution in [2.75, 3.05) is 25.5 Å². The average Bonchev–Trinajstić information content (AvgIpc) is 2.79. The highest BCUT2D eigenvalue weighted by molar-refractivity contribution is 5.97. The zero-order valence-electron chi connectivity index (χ0n) is 18.0. The number of hydrogen-bond donors (Lipinski definition) is 1. The van der Waals surface area contributed by atoms with E-state index in [0.29, 0.717) is 18.7 Å². The number of anilines is 1. The zero-order valence-corrected chi connectivity index (χ0v) is 18.0. The Morgan fingerprint density at radius 3 is 2.50 bits per heavy atom. The van der Waals surface area contributed by atoms with Crippen molar-refractivity contribution in [3.63, 3.8) is 0 Å². The summed E-state index contributed by atoms with van der Waals surface area (Å²) in [4.78, 5) is 15.2. The lowest BCUT2D eigenvalue weighted by molar-refractivity contribution is -0.121. The third kappa shape index (κ3) is 5.32. The Morgan fingerprint density at radius 2 is 1.78 bits per heavy atom. The van der Waals surface area contributed by atoms with E-state index in [1.165, 1.54) is 12.1 Å². The average molecular weight is 437 g/mol. The fourth-order valence-corrected chi connectivity index (χ4v) is 4.22. The molecule has 4 rings (SSSR count). The Bertz CT molecular complexity index is 1070. The Hall–Kier alpha value is -3.25. The van der Waals surface area contributed by atoms with Gasteiger partial charge in [0.2, 0.25) is 5.91 Å². The molecule has 0 saturated carbocycles. The molecule has 0 aliphatic carbocycles. The van der Waals surface area contributed by atoms with E-state index in [9.17, 15) is 13.6 Å². The third-order valence-electron chi connectivity index (χ3n) is 5.79. The summed E-state index contributed by atoms with van der Waals surface area (Å²) < 4.78 is 32.3. The van der Waals surface area contributed by atoms with Crippen molar-refractivity contribution in [3.05, 3.63) is 83.9 Å². The number of amides is 1. The van der Waals surface area contributed by atoms with E-state index in [1.54, 1.807) is 7.11 Å². The minimum atomic E-state index is -0.582. The molecule has 1 aliphatic rings. The van der Waals surface area contributed by atoms with Gasteiger partial charge in [-0.2, -0.15) is 0 Å². The van der Waals surface area contributed by atoms with Crippen LogP contribution in [0.1, 0.15) is 18.4 Å². The molecule has 1 aliphatic heterocycles. The lowest BCUT2D eigenvalue weighted by Crippen LogP contribution is -2.40. The van der Waals surface area contributed by atoms with Gasteiger partial charge in [0, 0.05) is 30.4 Å². The van der Waals surface area contributed by atoms with Gasteiger partial charge < -0.3 is 10.1 Å². The fraction of sp³-hybridized carbons (Fsp3) is 0.269. The van der Waals surface area contributed by atoms with Crippen LogP contribution in [0, 0.1) is 17.6 Å². The number of benzene rings is 3. The molecule has 0 bridgehead atoms. The van der Waals surface area contributed by atoms with Crippen LogP contribution in [0.15, 0.2) is 66.7 Å². The summed E-state index contributed by atoms with van der Waals surface area (Å²) >= 11 is 0. The van der Waals surface area contributed by atoms with E-state index in [2.05, 4.69) is 10.2 Å². The van der Waals surface area contributed by atoms with Crippen molar-refractivity contribution < 1.29 is 18.3 Å². The monoisotopic (exact) mass is 436 g/mol. The van der Waals surface area contributed by atoms with E-state index in [4.69, 9.17) is 4.74 Å². The number of likely N-dealkylation sites (tertiary alicyclic amines) is 1. The molecular weight excluding hydrogens is 410 g/mol. The van der Waals surface area contributed by atoms with E-state index < -0.39 is 11.6 Å². The number of hydrogen-bond acceptors (Lipinski definition) is 3. The first-order valence-electron chi connectivity index (χ1n) is 10.7. The quantitative estimate of drug-likeness (QED) is 0.556. The highest BCUT2D eigenvalue weighted by Gasteiger charge is 2.26. The van der Waals surface area contributed by atoms with Crippen LogP contribution in [0.3, 0.4) is 0 Å². The summed E-state index contributed by atoms with van der Waals surface area (Å²) in [7, 11) is 1.63. The summed E-state index contributed by atoms with van der Waals surface area (Å²) in [5, 5.41) is 3.09. The molecule has 0 aromatic heterocycles. The van der Waals surface area contributed by atoms with E-state index in [0.717, 1.165) is 48.0 Å². The second-order valence-corrected chi connectivity index (χ2v) is 8.12. The number of carbonyl (C=O) groups is 1. The molecule has 32 heavy (non-hydrogen) atoms. The normalized spacial score (nSPS) is 16.5. The Labute approximate surface area is 186 Å². The summed E-state index contributed by atoms with van der Waals surface area (Å²) in [5.41, 5.74) is 3.26. The van der Waals surface area contributed by atoms with Gasteiger partial charge in [0.15, 0.2) is 0 Å². The number of carbonyl (C=O) groups excluding carboxylic acids is 1. The van der Waals surface area contributed by atoms with Gasteiger partial charge in [0.25, 0.3) is 0 Å². The molecule has 1 unspecified atom stereocenters. The second kappa shape index (κ2) is 9.92. The Kier molecular flexibility index (Phi) is 6.81. The minimum Gasteiger partial charge on any atom is -0.497 e. The highest BCUT2D eigenvalue weighted by Crippen LogP contribution is 2.30. The fourth-order valence-electron chi connectivity index (χ4n) is 4.22. The van der Waals surface area contributed by atoms with Crippen LogP contribution < -0.4 is 10.1 Å². The van der Waals surface area contributed by atoms with Gasteiger partial charge in [-0.25, -0.2) is 8.78 Å². The summed E-state index contributed by atoms with van der Waals surface area (Å²) in [6.07, 6.45) is 1.64. The number of para-hydroxylation sites is 1. The van der Waals surface area contributed by atoms with Crippen LogP contribution in [-0.4, -0.2) is 31.0 Å². The molecule has 3 aromatic carbocycles. The standard InChI is InChI=1S/C26H26F2N2O2/c1-32-23-10-8-19(9-11-23)24-6-2-3-7-25(24)29-26(31)20-5-4-12-30(17-20)16-18-13-21(27)15-22(28)14-18/h2-3,6-11,13-15,20H,4-5,12,16-17H2,1H3,(H,29,31). The first kappa shape index (κ1) is 22.0. The maximum Gasteiger partial charge on any atom is 0.228 e. The van der Waals surface area contributed by atoms with Crippen LogP contribution in [0.4, 0.5) is 14.5 Å². The largest absolute Gasteiger partial charge is 0.497 e. The van der Waals surface area contributed by atoms with Crippen molar-refractivity contribution in [2.24, 2.45) is 5.92 Å². The van der Waals surface area contributed by atoms with Crippen LogP contribution in [0.25, 0.3) is 11.1 Å². The predicted molar refractivity (Wildman–Crippen MR) is 121 cm³/mol. The molecule has 1 N–H and O–H groups in total. The van der Waals surface area contributed by atoms with Gasteiger partial charge >= 0.3 is 0 Å². The Balaban J connectivity index is 1.44. The van der Waals surface area contributed by atoms with Crippen LogP contribution in [0.5, 0.6) is 5.75 Å². The zero-order chi connectivity index (χ0) is 22.5. The number of rotatable bonds is 6. The maximum atomic E-state index is 13.5. The molecule has 3 aromatic rings.